The Hall–Kier alpha value is -0.0203. The molecule has 0 fully saturated rings. The minimum absolute atomic E-state index is 0. The molecular weight excluding hydrogens is 362 g/mol. The Bertz CT molecular complexity index is 312. The first kappa shape index (κ1) is 29.7. The summed E-state index contributed by atoms with van der Waals surface area (Å²) in [6, 6.07) is 0. The Morgan fingerprint density at radius 2 is 1.00 bits per heavy atom. The molecule has 0 aromatic rings. The maximum absolute atomic E-state index is 12.5. The second-order valence-electron chi connectivity index (χ2n) is 5.20. The van der Waals surface area contributed by atoms with Gasteiger partial charge in [0.15, 0.2) is 0 Å². The molecule has 0 radical (unpaired) electrons. The Balaban J connectivity index is -0.000000372. The van der Waals surface area contributed by atoms with E-state index in [1.54, 1.807) is 0 Å². The van der Waals surface area contributed by atoms with Gasteiger partial charge >= 0.3 is 37.7 Å². The molecule has 0 unspecified atom stereocenters. The zero-order valence-corrected chi connectivity index (χ0v) is 18.0. The number of hydrogen-bond acceptors (Lipinski definition) is 6. The summed E-state index contributed by atoms with van der Waals surface area (Å²) >= 11 is 0. The molecule has 0 amide bonds. The van der Waals surface area contributed by atoms with Crippen molar-refractivity contribution in [3.05, 3.63) is 0 Å². The van der Waals surface area contributed by atoms with E-state index in [4.69, 9.17) is 0 Å². The van der Waals surface area contributed by atoms with E-state index >= 15 is 0 Å². The number of rotatable bonds is 12. The molecule has 0 bridgehead atoms. The number of nitrogens with zero attached hydrogens (tertiary/aromatic N) is 2. The van der Waals surface area contributed by atoms with Gasteiger partial charge in [-0.2, -0.15) is 0 Å². The first-order valence-corrected chi connectivity index (χ1v) is 8.37. The molecule has 0 aromatic carbocycles. The predicted molar refractivity (Wildman–Crippen MR) is 90.4 cm³/mol. The van der Waals surface area contributed by atoms with Gasteiger partial charge < -0.3 is 29.6 Å². The van der Waals surface area contributed by atoms with Crippen molar-refractivity contribution in [1.82, 2.24) is 9.80 Å². The molecule has 6 nitrogen and oxygen atoms in total. The molecule has 0 N–H and O–H groups in total. The van der Waals surface area contributed by atoms with Crippen LogP contribution in [0.4, 0.5) is 8.78 Å². The van der Waals surface area contributed by atoms with E-state index in [1.807, 2.05) is 37.5 Å². The van der Waals surface area contributed by atoms with Crippen LogP contribution in [-0.4, -0.2) is 111 Å². The predicted octanol–water partition coefficient (Wildman–Crippen LogP) is -0.768. The SMILES string of the molecule is CCN(CC)CC[C@@H](F)C(=O)[O-].CCN(CC)CC[C@@H](F)C(=O)[O-].[Ca+2]. The van der Waals surface area contributed by atoms with E-state index in [0.29, 0.717) is 13.1 Å². The summed E-state index contributed by atoms with van der Waals surface area (Å²) in [5, 5.41) is 20.0. The van der Waals surface area contributed by atoms with Crippen molar-refractivity contribution in [2.75, 3.05) is 39.3 Å². The number of carbonyl (C=O) groups is 2. The Morgan fingerprint density at radius 3 is 1.16 bits per heavy atom. The van der Waals surface area contributed by atoms with E-state index in [0.717, 1.165) is 26.2 Å². The zero-order chi connectivity index (χ0) is 19.1. The van der Waals surface area contributed by atoms with Crippen molar-refractivity contribution in [1.29, 1.82) is 0 Å². The molecule has 9 heteroatoms. The van der Waals surface area contributed by atoms with Crippen LogP contribution in [0.25, 0.3) is 0 Å². The fourth-order valence-electron chi connectivity index (χ4n) is 1.91. The molecule has 25 heavy (non-hydrogen) atoms. The molecule has 0 saturated heterocycles. The second-order valence-corrected chi connectivity index (χ2v) is 5.20. The van der Waals surface area contributed by atoms with Crippen LogP contribution >= 0.6 is 0 Å². The third-order valence-corrected chi connectivity index (χ3v) is 3.70. The summed E-state index contributed by atoms with van der Waals surface area (Å²) < 4.78 is 24.9. The van der Waals surface area contributed by atoms with Crippen molar-refractivity contribution in [3.63, 3.8) is 0 Å². The second kappa shape index (κ2) is 18.8. The van der Waals surface area contributed by atoms with E-state index in [-0.39, 0.29) is 50.6 Å². The molecular formula is C16H30CaF2N2O4. The number of halogens is 2. The first-order chi connectivity index (χ1) is 11.2. The van der Waals surface area contributed by atoms with Gasteiger partial charge in [0.1, 0.15) is 12.3 Å². The fourth-order valence-corrected chi connectivity index (χ4v) is 1.91. The van der Waals surface area contributed by atoms with Gasteiger partial charge in [0.05, 0.1) is 11.9 Å². The van der Waals surface area contributed by atoms with Gasteiger partial charge in [0, 0.05) is 13.1 Å². The van der Waals surface area contributed by atoms with Crippen LogP contribution in [0.5, 0.6) is 0 Å². The van der Waals surface area contributed by atoms with Gasteiger partial charge in [-0.05, 0) is 39.0 Å². The van der Waals surface area contributed by atoms with Crippen LogP contribution in [0.3, 0.4) is 0 Å². The third-order valence-electron chi connectivity index (χ3n) is 3.70. The van der Waals surface area contributed by atoms with Crippen LogP contribution in [0.15, 0.2) is 0 Å². The molecule has 0 spiro atoms. The summed E-state index contributed by atoms with van der Waals surface area (Å²) in [4.78, 5) is 23.9. The molecule has 0 heterocycles. The Morgan fingerprint density at radius 1 is 0.760 bits per heavy atom. The zero-order valence-electron chi connectivity index (χ0n) is 15.8. The molecule has 2 atom stereocenters. The minimum Gasteiger partial charge on any atom is -0.547 e. The van der Waals surface area contributed by atoms with Crippen LogP contribution in [-0.2, 0) is 9.59 Å². The van der Waals surface area contributed by atoms with E-state index < -0.39 is 24.3 Å². The maximum atomic E-state index is 12.5. The molecule has 144 valence electrons. The summed E-state index contributed by atoms with van der Waals surface area (Å²) in [6.45, 7) is 12.0. The van der Waals surface area contributed by atoms with E-state index in [1.165, 1.54) is 0 Å². The number of carbonyl (C=O) groups excluding carboxylic acids is 2. The van der Waals surface area contributed by atoms with E-state index in [2.05, 4.69) is 0 Å². The summed E-state index contributed by atoms with van der Waals surface area (Å²) in [7, 11) is 0. The van der Waals surface area contributed by atoms with E-state index in [9.17, 15) is 28.6 Å². The molecule has 0 saturated carbocycles. The molecule has 0 aliphatic rings. The van der Waals surface area contributed by atoms with Gasteiger partial charge in [0.2, 0.25) is 0 Å². The fraction of sp³-hybridized carbons (Fsp3) is 0.875. The number of hydrogen-bond donors (Lipinski definition) is 0. The van der Waals surface area contributed by atoms with Gasteiger partial charge in [-0.15, -0.1) is 0 Å². The summed E-state index contributed by atoms with van der Waals surface area (Å²) in [5.74, 6) is -3.22. The summed E-state index contributed by atoms with van der Waals surface area (Å²) in [6.07, 6.45) is -3.62. The number of aliphatic carboxylic acids is 2. The van der Waals surface area contributed by atoms with Crippen LogP contribution in [0.2, 0.25) is 0 Å². The number of carboxylic acid groups (broad SMARTS) is 2. The van der Waals surface area contributed by atoms with Crippen molar-refractivity contribution in [2.45, 2.75) is 52.9 Å². The average Bonchev–Trinajstić information content (AvgIpc) is 2.56. The minimum atomic E-state index is -1.83. The monoisotopic (exact) mass is 392 g/mol. The normalized spacial score (nSPS) is 12.8. The topological polar surface area (TPSA) is 86.7 Å². The van der Waals surface area contributed by atoms with Crippen molar-refractivity contribution in [2.24, 2.45) is 0 Å². The average molecular weight is 393 g/mol. The van der Waals surface area contributed by atoms with Gasteiger partial charge in [-0.3, -0.25) is 0 Å². The largest absolute Gasteiger partial charge is 2.00 e. The standard InChI is InChI=1S/2C8H16FNO2.Ca/c2*1-3-10(4-2)6-5-7(9)8(11)12;/h2*7H,3-6H2,1-2H3,(H,11,12);/q;;+2/p-2/t2*7-;/m11./s1. The van der Waals surface area contributed by atoms with Crippen molar-refractivity contribution < 1.29 is 28.6 Å². The quantitative estimate of drug-likeness (QED) is 0.406. The number of alkyl halides is 2. The molecule has 0 aliphatic heterocycles. The Labute approximate surface area is 179 Å². The first-order valence-electron chi connectivity index (χ1n) is 8.37. The van der Waals surface area contributed by atoms with Gasteiger partial charge in [0.25, 0.3) is 0 Å². The summed E-state index contributed by atoms with van der Waals surface area (Å²) in [5.41, 5.74) is 0. The Kier molecular flexibility index (Phi) is 22.3. The van der Waals surface area contributed by atoms with Crippen molar-refractivity contribution >= 4 is 49.7 Å². The van der Waals surface area contributed by atoms with Gasteiger partial charge in [-0.25, -0.2) is 8.78 Å². The molecule has 0 aliphatic carbocycles. The van der Waals surface area contributed by atoms with Gasteiger partial charge in [-0.1, -0.05) is 27.7 Å². The number of carboxylic acids is 2. The molecule has 0 aromatic heterocycles. The van der Waals surface area contributed by atoms with Crippen LogP contribution in [0, 0.1) is 0 Å². The maximum Gasteiger partial charge on any atom is 2.00 e. The van der Waals surface area contributed by atoms with Crippen LogP contribution in [0.1, 0.15) is 40.5 Å². The van der Waals surface area contributed by atoms with Crippen molar-refractivity contribution in [3.8, 4) is 0 Å². The molecule has 0 rings (SSSR count). The van der Waals surface area contributed by atoms with Crippen LogP contribution < -0.4 is 10.2 Å². The third kappa shape index (κ3) is 17.2. The smallest absolute Gasteiger partial charge is 0.547 e.